The minimum atomic E-state index is -2.40. The van der Waals surface area contributed by atoms with E-state index in [2.05, 4.69) is 4.98 Å². The summed E-state index contributed by atoms with van der Waals surface area (Å²) in [6.07, 6.45) is 1.36. The van der Waals surface area contributed by atoms with Crippen LogP contribution in [0, 0.1) is 0 Å². The summed E-state index contributed by atoms with van der Waals surface area (Å²) >= 11 is 0. The van der Waals surface area contributed by atoms with Gasteiger partial charge in [-0.1, -0.05) is 6.92 Å². The third-order valence-corrected chi connectivity index (χ3v) is 3.91. The van der Waals surface area contributed by atoms with E-state index in [-0.39, 0.29) is 5.91 Å². The van der Waals surface area contributed by atoms with Gasteiger partial charge >= 0.3 is 8.72 Å². The van der Waals surface area contributed by atoms with Gasteiger partial charge in [-0.15, -0.1) is 0 Å². The fourth-order valence-electron chi connectivity index (χ4n) is 0.728. The van der Waals surface area contributed by atoms with Crippen molar-refractivity contribution in [3.8, 4) is 0 Å². The molecule has 1 N–H and O–H groups in total. The van der Waals surface area contributed by atoms with Gasteiger partial charge < -0.3 is 13.8 Å². The Hall–Kier alpha value is -0.393. The smallest absolute Gasteiger partial charge is 0.382 e. The summed E-state index contributed by atoms with van der Waals surface area (Å²) in [7, 11) is 0.690. The second-order valence-electron chi connectivity index (χ2n) is 2.65. The minimum Gasteiger partial charge on any atom is -0.382 e. The van der Waals surface area contributed by atoms with Crippen molar-refractivity contribution in [1.82, 2.24) is 4.98 Å². The fourth-order valence-corrected chi connectivity index (χ4v) is 1.73. The zero-order valence-corrected chi connectivity index (χ0v) is 9.14. The van der Waals surface area contributed by atoms with Gasteiger partial charge in [0, 0.05) is 20.6 Å². The Morgan fingerprint density at radius 1 is 1.42 bits per heavy atom. The molecule has 0 rings (SSSR count). The van der Waals surface area contributed by atoms with Crippen molar-refractivity contribution in [2.24, 2.45) is 0 Å². The summed E-state index contributed by atoms with van der Waals surface area (Å²) in [6, 6.07) is 0. The van der Waals surface area contributed by atoms with E-state index >= 15 is 0 Å². The highest BCUT2D eigenvalue weighted by atomic mass is 28.4. The molecule has 4 nitrogen and oxygen atoms in total. The van der Waals surface area contributed by atoms with Crippen LogP contribution >= 0.6 is 0 Å². The van der Waals surface area contributed by atoms with E-state index in [0.29, 0.717) is 6.42 Å². The van der Waals surface area contributed by atoms with E-state index in [4.69, 9.17) is 8.85 Å². The van der Waals surface area contributed by atoms with Crippen LogP contribution < -0.4 is 4.98 Å². The third-order valence-electron chi connectivity index (χ3n) is 1.62. The summed E-state index contributed by atoms with van der Waals surface area (Å²) in [5.74, 6) is -0.00429. The molecule has 72 valence electrons. The zero-order valence-electron chi connectivity index (χ0n) is 8.14. The SMILES string of the molecule is CCCC(=O)N[Si](C)(OC)OC. The third kappa shape index (κ3) is 3.84. The molecular weight excluding hydrogens is 174 g/mol. The molecule has 0 aliphatic heterocycles. The first-order chi connectivity index (χ1) is 5.58. The predicted molar refractivity (Wildman–Crippen MR) is 48.7 cm³/mol. The molecule has 0 saturated heterocycles. The molecule has 0 atom stereocenters. The van der Waals surface area contributed by atoms with E-state index < -0.39 is 8.72 Å². The van der Waals surface area contributed by atoms with E-state index in [1.54, 1.807) is 20.8 Å². The normalized spacial score (nSPS) is 11.3. The van der Waals surface area contributed by atoms with E-state index in [1.165, 1.54) is 0 Å². The molecule has 0 radical (unpaired) electrons. The zero-order chi connectivity index (χ0) is 9.61. The molecule has 12 heavy (non-hydrogen) atoms. The molecule has 0 aliphatic carbocycles. The molecule has 5 heteroatoms. The Morgan fingerprint density at radius 2 is 1.92 bits per heavy atom. The van der Waals surface area contributed by atoms with E-state index in [1.807, 2.05) is 6.92 Å². The van der Waals surface area contributed by atoms with Crippen molar-refractivity contribution in [3.05, 3.63) is 0 Å². The predicted octanol–water partition coefficient (Wildman–Crippen LogP) is 0.764. The maximum Gasteiger partial charge on any atom is 0.455 e. The fraction of sp³-hybridized carbons (Fsp3) is 0.857. The molecular formula is C7H17NO3Si. The number of hydrogen-bond acceptors (Lipinski definition) is 3. The van der Waals surface area contributed by atoms with Crippen LogP contribution in [-0.2, 0) is 13.6 Å². The minimum absolute atomic E-state index is 0.00429. The molecule has 0 aromatic rings. The van der Waals surface area contributed by atoms with Gasteiger partial charge in [0.25, 0.3) is 0 Å². The summed E-state index contributed by atoms with van der Waals surface area (Å²) in [5.41, 5.74) is 0. The Kier molecular flexibility index (Phi) is 5.11. The molecule has 0 heterocycles. The Morgan fingerprint density at radius 3 is 2.25 bits per heavy atom. The van der Waals surface area contributed by atoms with Gasteiger partial charge in [0.15, 0.2) is 0 Å². The monoisotopic (exact) mass is 191 g/mol. The van der Waals surface area contributed by atoms with Crippen molar-refractivity contribution in [1.29, 1.82) is 0 Å². The Bertz CT molecular complexity index is 148. The molecule has 0 spiro atoms. The lowest BCUT2D eigenvalue weighted by Crippen LogP contribution is -2.54. The van der Waals surface area contributed by atoms with Gasteiger partial charge in [0.2, 0.25) is 5.91 Å². The van der Waals surface area contributed by atoms with Gasteiger partial charge in [0.05, 0.1) is 0 Å². The quantitative estimate of drug-likeness (QED) is 0.653. The molecule has 0 unspecified atom stereocenters. The second kappa shape index (κ2) is 5.29. The number of carbonyl (C=O) groups excluding carboxylic acids is 1. The van der Waals surface area contributed by atoms with Crippen LogP contribution in [0.15, 0.2) is 0 Å². The maximum absolute atomic E-state index is 11.1. The molecule has 0 aliphatic rings. The number of amides is 1. The maximum atomic E-state index is 11.1. The summed E-state index contributed by atoms with van der Waals surface area (Å²) in [6.45, 7) is 3.75. The first-order valence-electron chi connectivity index (χ1n) is 3.99. The summed E-state index contributed by atoms with van der Waals surface area (Å²) < 4.78 is 10.2. The average molecular weight is 191 g/mol. The first kappa shape index (κ1) is 11.6. The molecule has 0 saturated carbocycles. The Labute approximate surface area is 74.6 Å². The van der Waals surface area contributed by atoms with Crippen LogP contribution in [0.2, 0.25) is 6.55 Å². The van der Waals surface area contributed by atoms with Crippen LogP contribution in [-0.4, -0.2) is 28.8 Å². The first-order valence-corrected chi connectivity index (χ1v) is 6.31. The van der Waals surface area contributed by atoms with Gasteiger partial charge in [-0.2, -0.15) is 0 Å². The van der Waals surface area contributed by atoms with Crippen molar-refractivity contribution >= 4 is 14.6 Å². The van der Waals surface area contributed by atoms with Crippen LogP contribution in [0.1, 0.15) is 19.8 Å². The lowest BCUT2D eigenvalue weighted by molar-refractivity contribution is -0.120. The lowest BCUT2D eigenvalue weighted by Gasteiger charge is -2.22. The highest BCUT2D eigenvalue weighted by Gasteiger charge is 2.31. The van der Waals surface area contributed by atoms with Crippen molar-refractivity contribution in [3.63, 3.8) is 0 Å². The highest BCUT2D eigenvalue weighted by Crippen LogP contribution is 2.00. The van der Waals surface area contributed by atoms with Crippen LogP contribution in [0.4, 0.5) is 0 Å². The van der Waals surface area contributed by atoms with Gasteiger partial charge in [-0.05, 0) is 13.0 Å². The van der Waals surface area contributed by atoms with Crippen LogP contribution in [0.5, 0.6) is 0 Å². The van der Waals surface area contributed by atoms with Gasteiger partial charge in [-0.3, -0.25) is 4.79 Å². The largest absolute Gasteiger partial charge is 0.455 e. The standard InChI is InChI=1S/C7H17NO3Si/c1-5-6-7(9)8-12(4,10-2)11-3/h5-6H2,1-4H3,(H,8,9). The number of carbonyl (C=O) groups is 1. The number of hydrogen-bond donors (Lipinski definition) is 1. The molecule has 0 bridgehead atoms. The van der Waals surface area contributed by atoms with Gasteiger partial charge in [0.1, 0.15) is 0 Å². The van der Waals surface area contributed by atoms with E-state index in [0.717, 1.165) is 6.42 Å². The molecule has 1 amide bonds. The van der Waals surface area contributed by atoms with Crippen LogP contribution in [0.25, 0.3) is 0 Å². The average Bonchev–Trinajstić information content (AvgIpc) is 2.05. The van der Waals surface area contributed by atoms with Crippen molar-refractivity contribution < 1.29 is 13.6 Å². The highest BCUT2D eigenvalue weighted by molar-refractivity contribution is 6.65. The molecule has 0 aromatic carbocycles. The molecule has 0 aromatic heterocycles. The van der Waals surface area contributed by atoms with Crippen molar-refractivity contribution in [2.75, 3.05) is 14.2 Å². The molecule has 0 fully saturated rings. The topological polar surface area (TPSA) is 47.6 Å². The summed E-state index contributed by atoms with van der Waals surface area (Å²) in [4.78, 5) is 13.9. The summed E-state index contributed by atoms with van der Waals surface area (Å²) in [5, 5.41) is 0. The van der Waals surface area contributed by atoms with Crippen molar-refractivity contribution in [2.45, 2.75) is 26.3 Å². The van der Waals surface area contributed by atoms with Crippen LogP contribution in [0.3, 0.4) is 0 Å². The van der Waals surface area contributed by atoms with Gasteiger partial charge in [-0.25, -0.2) is 0 Å². The number of rotatable bonds is 5. The number of nitrogens with one attached hydrogen (secondary N) is 1. The Balaban J connectivity index is 3.93. The van der Waals surface area contributed by atoms with E-state index in [9.17, 15) is 4.79 Å². The lowest BCUT2D eigenvalue weighted by atomic mass is 10.3. The second-order valence-corrected chi connectivity index (χ2v) is 5.61.